The van der Waals surface area contributed by atoms with Crippen molar-refractivity contribution in [3.05, 3.63) is 21.9 Å². The van der Waals surface area contributed by atoms with Gasteiger partial charge in [0, 0.05) is 19.5 Å². The minimum atomic E-state index is -0.216. The summed E-state index contributed by atoms with van der Waals surface area (Å²) in [7, 11) is 0. The highest BCUT2D eigenvalue weighted by molar-refractivity contribution is 7.14. The zero-order chi connectivity index (χ0) is 14.1. The molecule has 0 bridgehead atoms. The fourth-order valence-corrected chi connectivity index (χ4v) is 2.11. The Morgan fingerprint density at radius 3 is 2.84 bits per heavy atom. The third-order valence-electron chi connectivity index (χ3n) is 2.13. The molecule has 3 N–H and O–H groups in total. The van der Waals surface area contributed by atoms with E-state index in [-0.39, 0.29) is 24.8 Å². The van der Waals surface area contributed by atoms with Crippen LogP contribution in [0.1, 0.15) is 27.9 Å². The molecular formula is C13H16N2O3S. The van der Waals surface area contributed by atoms with Gasteiger partial charge in [0.25, 0.3) is 5.91 Å². The Morgan fingerprint density at radius 2 is 2.16 bits per heavy atom. The number of rotatable bonds is 5. The summed E-state index contributed by atoms with van der Waals surface area (Å²) in [5, 5.41) is 13.9. The monoisotopic (exact) mass is 280 g/mol. The lowest BCUT2D eigenvalue weighted by Crippen LogP contribution is -2.30. The third-order valence-corrected chi connectivity index (χ3v) is 3.13. The molecule has 0 saturated heterocycles. The highest BCUT2D eigenvalue weighted by Gasteiger charge is 2.08. The van der Waals surface area contributed by atoms with Crippen LogP contribution in [0.4, 0.5) is 0 Å². The minimum Gasteiger partial charge on any atom is -0.384 e. The Bertz CT molecular complexity index is 499. The Kier molecular flexibility index (Phi) is 6.64. The second kappa shape index (κ2) is 8.29. The fraction of sp³-hybridized carbons (Fsp3) is 0.385. The maximum atomic E-state index is 11.7. The van der Waals surface area contributed by atoms with E-state index in [1.807, 2.05) is 6.92 Å². The van der Waals surface area contributed by atoms with E-state index in [1.165, 1.54) is 11.3 Å². The average Bonchev–Trinajstić information content (AvgIpc) is 2.85. The maximum Gasteiger partial charge on any atom is 0.261 e. The van der Waals surface area contributed by atoms with E-state index in [1.54, 1.807) is 12.1 Å². The lowest BCUT2D eigenvalue weighted by Gasteiger charge is -2.03. The Labute approximate surface area is 116 Å². The van der Waals surface area contributed by atoms with Gasteiger partial charge in [-0.1, -0.05) is 11.8 Å². The van der Waals surface area contributed by atoms with Crippen molar-refractivity contribution in [3.63, 3.8) is 0 Å². The molecule has 5 nitrogen and oxygen atoms in total. The zero-order valence-corrected chi connectivity index (χ0v) is 11.5. The molecule has 0 aliphatic carbocycles. The van der Waals surface area contributed by atoms with Gasteiger partial charge in [0.05, 0.1) is 9.75 Å². The number of hydrogen-bond acceptors (Lipinski definition) is 4. The third kappa shape index (κ3) is 5.55. The Balaban J connectivity index is 2.41. The molecule has 0 aliphatic rings. The zero-order valence-electron chi connectivity index (χ0n) is 10.7. The largest absolute Gasteiger partial charge is 0.384 e. The minimum absolute atomic E-state index is 0.0801. The first-order valence-corrected chi connectivity index (χ1v) is 6.73. The van der Waals surface area contributed by atoms with Gasteiger partial charge in [-0.05, 0) is 19.1 Å². The summed E-state index contributed by atoms with van der Waals surface area (Å²) >= 11 is 1.25. The molecule has 0 unspecified atom stereocenters. The summed E-state index contributed by atoms with van der Waals surface area (Å²) < 4.78 is 0. The second-order valence-corrected chi connectivity index (χ2v) is 4.67. The molecule has 0 aromatic carbocycles. The first kappa shape index (κ1) is 15.2. The molecule has 6 heteroatoms. The van der Waals surface area contributed by atoms with Crippen LogP contribution in [0.15, 0.2) is 12.1 Å². The highest BCUT2D eigenvalue weighted by Crippen LogP contribution is 2.14. The molecule has 0 atom stereocenters. The van der Waals surface area contributed by atoms with E-state index >= 15 is 0 Å². The number of nitrogens with one attached hydrogen (secondary N) is 2. The van der Waals surface area contributed by atoms with Gasteiger partial charge in [-0.15, -0.1) is 11.3 Å². The van der Waals surface area contributed by atoms with Crippen molar-refractivity contribution in [2.24, 2.45) is 0 Å². The van der Waals surface area contributed by atoms with Crippen molar-refractivity contribution in [1.82, 2.24) is 10.6 Å². The molecule has 102 valence electrons. The molecule has 0 radical (unpaired) electrons. The van der Waals surface area contributed by atoms with Crippen LogP contribution in [-0.2, 0) is 4.79 Å². The molecule has 1 rings (SSSR count). The molecule has 19 heavy (non-hydrogen) atoms. The number of aliphatic hydroxyl groups is 1. The van der Waals surface area contributed by atoms with Crippen LogP contribution in [0.25, 0.3) is 0 Å². The van der Waals surface area contributed by atoms with Crippen LogP contribution < -0.4 is 10.6 Å². The van der Waals surface area contributed by atoms with Gasteiger partial charge in [0.1, 0.15) is 6.61 Å². The second-order valence-electron chi connectivity index (χ2n) is 3.58. The summed E-state index contributed by atoms with van der Waals surface area (Å²) in [6.45, 7) is 2.54. The highest BCUT2D eigenvalue weighted by atomic mass is 32.1. The lowest BCUT2D eigenvalue weighted by molar-refractivity contribution is -0.120. The molecule has 0 saturated carbocycles. The SMILES string of the molecule is CCNC(=O)CCNC(=O)c1ccc(C#CCO)s1. The van der Waals surface area contributed by atoms with Gasteiger partial charge in [0.15, 0.2) is 0 Å². The van der Waals surface area contributed by atoms with Crippen LogP contribution in [-0.4, -0.2) is 36.6 Å². The number of amides is 2. The van der Waals surface area contributed by atoms with Crippen LogP contribution in [0.2, 0.25) is 0 Å². The van der Waals surface area contributed by atoms with Crippen molar-refractivity contribution < 1.29 is 14.7 Å². The Hall–Kier alpha value is -1.84. The van der Waals surface area contributed by atoms with Crippen LogP contribution >= 0.6 is 11.3 Å². The Morgan fingerprint density at radius 1 is 1.37 bits per heavy atom. The van der Waals surface area contributed by atoms with Crippen molar-refractivity contribution in [1.29, 1.82) is 0 Å². The van der Waals surface area contributed by atoms with E-state index < -0.39 is 0 Å². The number of thiophene rings is 1. The van der Waals surface area contributed by atoms with Gasteiger partial charge in [-0.25, -0.2) is 0 Å². The van der Waals surface area contributed by atoms with Crippen molar-refractivity contribution in [3.8, 4) is 11.8 Å². The van der Waals surface area contributed by atoms with Crippen LogP contribution in [0.5, 0.6) is 0 Å². The first-order valence-electron chi connectivity index (χ1n) is 5.91. The van der Waals surface area contributed by atoms with E-state index in [9.17, 15) is 9.59 Å². The van der Waals surface area contributed by atoms with E-state index in [4.69, 9.17) is 5.11 Å². The standard InChI is InChI=1S/C13H16N2O3S/c1-2-14-12(17)7-8-15-13(18)11-6-5-10(19-11)4-3-9-16/h5-6,16H,2,7-9H2,1H3,(H,14,17)(H,15,18). The number of aliphatic hydroxyl groups excluding tert-OH is 1. The van der Waals surface area contributed by atoms with Gasteiger partial charge in [0.2, 0.25) is 5.91 Å². The fourth-order valence-electron chi connectivity index (χ4n) is 1.32. The molecule has 1 aromatic rings. The summed E-state index contributed by atoms with van der Waals surface area (Å²) in [5.74, 6) is 4.96. The van der Waals surface area contributed by atoms with E-state index in [0.717, 1.165) is 4.88 Å². The van der Waals surface area contributed by atoms with Crippen molar-refractivity contribution >= 4 is 23.2 Å². The summed E-state index contributed by atoms with van der Waals surface area (Å²) in [4.78, 5) is 24.2. The van der Waals surface area contributed by atoms with Crippen LogP contribution in [0, 0.1) is 11.8 Å². The van der Waals surface area contributed by atoms with Crippen LogP contribution in [0.3, 0.4) is 0 Å². The van der Waals surface area contributed by atoms with Gasteiger partial charge < -0.3 is 15.7 Å². The van der Waals surface area contributed by atoms with Gasteiger partial charge in [-0.2, -0.15) is 0 Å². The first-order chi connectivity index (χ1) is 9.17. The molecule has 0 aliphatic heterocycles. The number of carbonyl (C=O) groups excluding carboxylic acids is 2. The smallest absolute Gasteiger partial charge is 0.261 e. The predicted octanol–water partition coefficient (Wildman–Crippen LogP) is 0.348. The van der Waals surface area contributed by atoms with E-state index in [2.05, 4.69) is 22.5 Å². The average molecular weight is 280 g/mol. The van der Waals surface area contributed by atoms with Gasteiger partial charge >= 0.3 is 0 Å². The summed E-state index contributed by atoms with van der Waals surface area (Å²) in [5.41, 5.74) is 0. The molecule has 0 fully saturated rings. The lowest BCUT2D eigenvalue weighted by atomic mass is 10.3. The molecule has 0 spiro atoms. The molecule has 2 amide bonds. The number of hydrogen-bond donors (Lipinski definition) is 3. The van der Waals surface area contributed by atoms with Crippen molar-refractivity contribution in [2.75, 3.05) is 19.7 Å². The van der Waals surface area contributed by atoms with Crippen molar-refractivity contribution in [2.45, 2.75) is 13.3 Å². The number of carbonyl (C=O) groups is 2. The van der Waals surface area contributed by atoms with E-state index in [0.29, 0.717) is 18.0 Å². The summed E-state index contributed by atoms with van der Waals surface area (Å²) in [6, 6.07) is 3.40. The normalized spacial score (nSPS) is 9.37. The van der Waals surface area contributed by atoms with Gasteiger partial charge in [-0.3, -0.25) is 9.59 Å². The predicted molar refractivity (Wildman–Crippen MR) is 73.9 cm³/mol. The maximum absolute atomic E-state index is 11.7. The quantitative estimate of drug-likeness (QED) is 0.681. The molecular weight excluding hydrogens is 264 g/mol. The summed E-state index contributed by atoms with van der Waals surface area (Å²) in [6.07, 6.45) is 0.266. The molecule has 1 heterocycles. The topological polar surface area (TPSA) is 78.4 Å². The molecule has 1 aromatic heterocycles.